The molecule has 0 heterocycles. The molecule has 2 nitrogen and oxygen atoms in total. The van der Waals surface area contributed by atoms with Crippen molar-refractivity contribution in [3.63, 3.8) is 0 Å². The van der Waals surface area contributed by atoms with Gasteiger partial charge in [-0.1, -0.05) is 0 Å². The number of nitriles is 1. The minimum atomic E-state index is -0.0495. The lowest BCUT2D eigenvalue weighted by Gasteiger charge is -1.83. The standard InChI is InChI=1S/C6H7NO/c1-5(3-4-7)6(2)8/h3H,1-2H3/b5-3+. The highest BCUT2D eigenvalue weighted by Gasteiger charge is 1.91. The Hall–Kier alpha value is -1.10. The Morgan fingerprint density at radius 1 is 1.62 bits per heavy atom. The Morgan fingerprint density at radius 3 is 2.25 bits per heavy atom. The maximum Gasteiger partial charge on any atom is 0.156 e. The van der Waals surface area contributed by atoms with Crippen LogP contribution in [-0.2, 0) is 4.79 Å². The van der Waals surface area contributed by atoms with Crippen LogP contribution in [0.5, 0.6) is 0 Å². The third kappa shape index (κ3) is 2.14. The van der Waals surface area contributed by atoms with E-state index in [2.05, 4.69) is 0 Å². The van der Waals surface area contributed by atoms with Gasteiger partial charge in [-0.25, -0.2) is 0 Å². The van der Waals surface area contributed by atoms with Crippen molar-refractivity contribution in [3.8, 4) is 6.07 Å². The third-order valence-corrected chi connectivity index (χ3v) is 0.836. The molecule has 42 valence electrons. The van der Waals surface area contributed by atoms with Gasteiger partial charge in [0.25, 0.3) is 0 Å². The second-order valence-corrected chi connectivity index (χ2v) is 1.51. The first-order valence-electron chi connectivity index (χ1n) is 2.26. The summed E-state index contributed by atoms with van der Waals surface area (Å²) in [5.41, 5.74) is 0.507. The molecule has 0 amide bonds. The summed E-state index contributed by atoms with van der Waals surface area (Å²) in [6, 6.07) is 1.77. The molecule has 0 aromatic carbocycles. The van der Waals surface area contributed by atoms with Crippen LogP contribution in [0.25, 0.3) is 0 Å². The van der Waals surface area contributed by atoms with Gasteiger partial charge in [0.15, 0.2) is 5.78 Å². The summed E-state index contributed by atoms with van der Waals surface area (Å²) >= 11 is 0. The molecule has 0 saturated heterocycles. The topological polar surface area (TPSA) is 40.9 Å². The maximum atomic E-state index is 10.3. The Balaban J connectivity index is 4.06. The van der Waals surface area contributed by atoms with Crippen molar-refractivity contribution in [1.29, 1.82) is 5.26 Å². The Labute approximate surface area is 48.4 Å². The summed E-state index contributed by atoms with van der Waals surface area (Å²) < 4.78 is 0. The predicted molar refractivity (Wildman–Crippen MR) is 30.1 cm³/mol. The Kier molecular flexibility index (Phi) is 2.57. The van der Waals surface area contributed by atoms with Crippen LogP contribution in [0.15, 0.2) is 11.6 Å². The molecule has 0 aliphatic carbocycles. The molecular weight excluding hydrogens is 102 g/mol. The van der Waals surface area contributed by atoms with Crippen molar-refractivity contribution < 1.29 is 4.79 Å². The van der Waals surface area contributed by atoms with Crippen LogP contribution in [0.3, 0.4) is 0 Å². The first-order valence-corrected chi connectivity index (χ1v) is 2.26. The molecule has 0 atom stereocenters. The molecule has 0 unspecified atom stereocenters. The van der Waals surface area contributed by atoms with E-state index in [0.29, 0.717) is 5.57 Å². The SMILES string of the molecule is CC(=O)/C(C)=C/C#N. The number of nitrogens with zero attached hydrogens (tertiary/aromatic N) is 1. The molecule has 0 aliphatic rings. The highest BCUT2D eigenvalue weighted by Crippen LogP contribution is 1.90. The van der Waals surface area contributed by atoms with Gasteiger partial charge in [0, 0.05) is 11.6 Å². The van der Waals surface area contributed by atoms with Gasteiger partial charge in [-0.2, -0.15) is 5.26 Å². The summed E-state index contributed by atoms with van der Waals surface area (Å²) in [6.07, 6.45) is 1.24. The van der Waals surface area contributed by atoms with Crippen molar-refractivity contribution in [2.75, 3.05) is 0 Å². The zero-order chi connectivity index (χ0) is 6.57. The Bertz CT molecular complexity index is 162. The second kappa shape index (κ2) is 2.98. The van der Waals surface area contributed by atoms with Gasteiger partial charge >= 0.3 is 0 Å². The first-order chi connectivity index (χ1) is 3.68. The lowest BCUT2D eigenvalue weighted by atomic mass is 10.2. The predicted octanol–water partition coefficient (Wildman–Crippen LogP) is 1.05. The number of hydrogen-bond donors (Lipinski definition) is 0. The van der Waals surface area contributed by atoms with Gasteiger partial charge < -0.3 is 0 Å². The number of ketones is 1. The molecule has 0 aliphatic heterocycles. The van der Waals surface area contributed by atoms with Crippen molar-refractivity contribution in [3.05, 3.63) is 11.6 Å². The third-order valence-electron chi connectivity index (χ3n) is 0.836. The van der Waals surface area contributed by atoms with E-state index in [-0.39, 0.29) is 5.78 Å². The molecule has 0 spiro atoms. The summed E-state index contributed by atoms with van der Waals surface area (Å²) in [4.78, 5) is 10.3. The highest BCUT2D eigenvalue weighted by molar-refractivity contribution is 5.92. The van der Waals surface area contributed by atoms with E-state index in [4.69, 9.17) is 5.26 Å². The fourth-order valence-electron chi connectivity index (χ4n) is 0.198. The molecule has 0 radical (unpaired) electrons. The largest absolute Gasteiger partial charge is 0.295 e. The maximum absolute atomic E-state index is 10.3. The van der Waals surface area contributed by atoms with Gasteiger partial charge in [-0.05, 0) is 13.8 Å². The van der Waals surface area contributed by atoms with Gasteiger partial charge in [0.1, 0.15) is 0 Å². The van der Waals surface area contributed by atoms with Crippen LogP contribution in [0.4, 0.5) is 0 Å². The van der Waals surface area contributed by atoms with E-state index in [1.165, 1.54) is 13.0 Å². The molecule has 0 aromatic heterocycles. The minimum Gasteiger partial charge on any atom is -0.295 e. The number of carbonyl (C=O) groups is 1. The monoisotopic (exact) mass is 109 g/mol. The molecule has 0 aromatic rings. The van der Waals surface area contributed by atoms with E-state index >= 15 is 0 Å². The van der Waals surface area contributed by atoms with Gasteiger partial charge in [0.05, 0.1) is 6.07 Å². The lowest BCUT2D eigenvalue weighted by molar-refractivity contribution is -0.113. The van der Waals surface area contributed by atoms with Gasteiger partial charge in [-0.3, -0.25) is 4.79 Å². The molecule has 2 heteroatoms. The minimum absolute atomic E-state index is 0.0495. The van der Waals surface area contributed by atoms with Gasteiger partial charge in [0.2, 0.25) is 0 Å². The zero-order valence-corrected chi connectivity index (χ0v) is 4.93. The van der Waals surface area contributed by atoms with E-state index in [0.717, 1.165) is 0 Å². The van der Waals surface area contributed by atoms with Gasteiger partial charge in [-0.15, -0.1) is 0 Å². The summed E-state index contributed by atoms with van der Waals surface area (Å²) in [5.74, 6) is -0.0495. The summed E-state index contributed by atoms with van der Waals surface area (Å²) in [5, 5.41) is 8.01. The normalized spacial score (nSPS) is 10.4. The van der Waals surface area contributed by atoms with Crippen LogP contribution in [-0.4, -0.2) is 5.78 Å². The average Bonchev–Trinajstić information content (AvgIpc) is 1.67. The highest BCUT2D eigenvalue weighted by atomic mass is 16.1. The fourth-order valence-corrected chi connectivity index (χ4v) is 0.198. The average molecular weight is 109 g/mol. The first kappa shape index (κ1) is 6.90. The second-order valence-electron chi connectivity index (χ2n) is 1.51. The zero-order valence-electron chi connectivity index (χ0n) is 4.93. The Morgan fingerprint density at radius 2 is 2.12 bits per heavy atom. The number of hydrogen-bond acceptors (Lipinski definition) is 2. The van der Waals surface area contributed by atoms with E-state index in [9.17, 15) is 4.79 Å². The van der Waals surface area contributed by atoms with Crippen molar-refractivity contribution >= 4 is 5.78 Å². The molecule has 0 rings (SSSR count). The smallest absolute Gasteiger partial charge is 0.156 e. The van der Waals surface area contributed by atoms with Crippen molar-refractivity contribution in [1.82, 2.24) is 0 Å². The molecule has 8 heavy (non-hydrogen) atoms. The summed E-state index contributed by atoms with van der Waals surface area (Å²) in [7, 11) is 0. The van der Waals surface area contributed by atoms with Crippen LogP contribution in [0.2, 0.25) is 0 Å². The number of Topliss-reactive ketones (excluding diaryl/α,β-unsaturated/α-hetero) is 1. The number of carbonyl (C=O) groups excluding carboxylic acids is 1. The quantitative estimate of drug-likeness (QED) is 0.373. The van der Waals surface area contributed by atoms with Crippen molar-refractivity contribution in [2.45, 2.75) is 13.8 Å². The van der Waals surface area contributed by atoms with E-state index in [1.54, 1.807) is 13.0 Å². The molecule has 0 bridgehead atoms. The van der Waals surface area contributed by atoms with Crippen LogP contribution in [0, 0.1) is 11.3 Å². The molecule has 0 saturated carbocycles. The summed E-state index contributed by atoms with van der Waals surface area (Å²) in [6.45, 7) is 3.05. The number of allylic oxidation sites excluding steroid dienone is 2. The molecule has 0 N–H and O–H groups in total. The van der Waals surface area contributed by atoms with Crippen LogP contribution < -0.4 is 0 Å². The lowest BCUT2D eigenvalue weighted by Crippen LogP contribution is -1.89. The van der Waals surface area contributed by atoms with E-state index in [1.807, 2.05) is 0 Å². The van der Waals surface area contributed by atoms with Crippen molar-refractivity contribution in [2.24, 2.45) is 0 Å². The molecular formula is C6H7NO. The van der Waals surface area contributed by atoms with Crippen LogP contribution in [0.1, 0.15) is 13.8 Å². The number of rotatable bonds is 1. The molecule has 0 fully saturated rings. The van der Waals surface area contributed by atoms with E-state index < -0.39 is 0 Å². The fraction of sp³-hybridized carbons (Fsp3) is 0.333. The van der Waals surface area contributed by atoms with Crippen LogP contribution >= 0.6 is 0 Å².